The molecule has 0 amide bonds. The zero-order chi connectivity index (χ0) is 12.4. The zero-order valence-corrected chi connectivity index (χ0v) is 9.89. The van der Waals surface area contributed by atoms with E-state index in [1.165, 1.54) is 10.7 Å². The maximum absolute atomic E-state index is 13.7. The Hall–Kier alpha value is -1.75. The van der Waals surface area contributed by atoms with Crippen LogP contribution in [0.25, 0.3) is 5.69 Å². The average Bonchev–Trinajstić information content (AvgIpc) is 2.77. The standard InChI is InChI=1S/C12H15FN4/c1-3-10(14)11-7-17(16-15-11)12-5-4-8(2)6-9(12)13/h4-7,10H,3,14H2,1-2H3. The molecule has 0 saturated carbocycles. The molecule has 5 heteroatoms. The Kier molecular flexibility index (Phi) is 3.19. The molecule has 0 radical (unpaired) electrons. The van der Waals surface area contributed by atoms with Crippen LogP contribution in [0.1, 0.15) is 30.6 Å². The van der Waals surface area contributed by atoms with E-state index in [4.69, 9.17) is 5.73 Å². The third kappa shape index (κ3) is 2.34. The molecule has 0 aliphatic carbocycles. The number of hydrogen-bond donors (Lipinski definition) is 1. The van der Waals surface area contributed by atoms with Crippen molar-refractivity contribution in [3.05, 3.63) is 41.5 Å². The summed E-state index contributed by atoms with van der Waals surface area (Å²) in [5.74, 6) is -0.313. The van der Waals surface area contributed by atoms with Crippen LogP contribution in [0.5, 0.6) is 0 Å². The molecule has 0 spiro atoms. The minimum atomic E-state index is -0.313. The Morgan fingerprint density at radius 2 is 2.24 bits per heavy atom. The summed E-state index contributed by atoms with van der Waals surface area (Å²) in [6.07, 6.45) is 2.44. The summed E-state index contributed by atoms with van der Waals surface area (Å²) in [6.45, 7) is 3.81. The second-order valence-electron chi connectivity index (χ2n) is 4.06. The van der Waals surface area contributed by atoms with Gasteiger partial charge in [-0.05, 0) is 31.0 Å². The number of rotatable bonds is 3. The van der Waals surface area contributed by atoms with Crippen molar-refractivity contribution in [2.45, 2.75) is 26.3 Å². The molecule has 0 fully saturated rings. The van der Waals surface area contributed by atoms with E-state index in [2.05, 4.69) is 10.3 Å². The van der Waals surface area contributed by atoms with Gasteiger partial charge >= 0.3 is 0 Å². The number of nitrogens with zero attached hydrogens (tertiary/aromatic N) is 3. The first-order valence-electron chi connectivity index (χ1n) is 5.56. The van der Waals surface area contributed by atoms with Crippen LogP contribution in [0.15, 0.2) is 24.4 Å². The number of aromatic nitrogens is 3. The molecule has 1 aromatic heterocycles. The SMILES string of the molecule is CCC(N)c1cn(-c2ccc(C)cc2F)nn1. The van der Waals surface area contributed by atoms with Gasteiger partial charge < -0.3 is 5.73 Å². The van der Waals surface area contributed by atoms with E-state index >= 15 is 0 Å². The van der Waals surface area contributed by atoms with Gasteiger partial charge in [0.15, 0.2) is 0 Å². The van der Waals surface area contributed by atoms with Gasteiger partial charge in [-0.15, -0.1) is 5.10 Å². The molecule has 1 aromatic carbocycles. The predicted molar refractivity (Wildman–Crippen MR) is 63.3 cm³/mol. The second kappa shape index (κ2) is 4.63. The van der Waals surface area contributed by atoms with Gasteiger partial charge in [0.25, 0.3) is 0 Å². The van der Waals surface area contributed by atoms with E-state index in [-0.39, 0.29) is 11.9 Å². The van der Waals surface area contributed by atoms with E-state index in [0.29, 0.717) is 11.4 Å². The molecule has 0 saturated heterocycles. The number of halogens is 1. The summed E-state index contributed by atoms with van der Waals surface area (Å²) >= 11 is 0. The Balaban J connectivity index is 2.37. The quantitative estimate of drug-likeness (QED) is 0.885. The lowest BCUT2D eigenvalue weighted by Gasteiger charge is -2.03. The number of aryl methyl sites for hydroxylation is 1. The fourth-order valence-electron chi connectivity index (χ4n) is 1.57. The van der Waals surface area contributed by atoms with Crippen molar-refractivity contribution in [1.82, 2.24) is 15.0 Å². The van der Waals surface area contributed by atoms with Gasteiger partial charge in [-0.1, -0.05) is 18.2 Å². The molecule has 1 unspecified atom stereocenters. The van der Waals surface area contributed by atoms with Crippen molar-refractivity contribution in [2.24, 2.45) is 5.73 Å². The maximum Gasteiger partial charge on any atom is 0.149 e. The molecule has 0 aliphatic rings. The summed E-state index contributed by atoms with van der Waals surface area (Å²) in [6, 6.07) is 4.83. The van der Waals surface area contributed by atoms with E-state index in [1.54, 1.807) is 12.3 Å². The highest BCUT2D eigenvalue weighted by molar-refractivity contribution is 5.35. The van der Waals surface area contributed by atoms with Crippen molar-refractivity contribution < 1.29 is 4.39 Å². The van der Waals surface area contributed by atoms with Gasteiger partial charge in [0.2, 0.25) is 0 Å². The van der Waals surface area contributed by atoms with Crippen molar-refractivity contribution in [1.29, 1.82) is 0 Å². The number of hydrogen-bond acceptors (Lipinski definition) is 3. The lowest BCUT2D eigenvalue weighted by Crippen LogP contribution is -2.08. The Labute approximate surface area is 99.2 Å². The molecule has 0 bridgehead atoms. The summed E-state index contributed by atoms with van der Waals surface area (Å²) in [5, 5.41) is 7.84. The average molecular weight is 234 g/mol. The van der Waals surface area contributed by atoms with Crippen LogP contribution in [0.2, 0.25) is 0 Å². The minimum absolute atomic E-state index is 0.155. The highest BCUT2D eigenvalue weighted by Crippen LogP contribution is 2.16. The molecule has 17 heavy (non-hydrogen) atoms. The fraction of sp³-hybridized carbons (Fsp3) is 0.333. The third-order valence-corrected chi connectivity index (χ3v) is 2.68. The monoisotopic (exact) mass is 234 g/mol. The highest BCUT2D eigenvalue weighted by Gasteiger charge is 2.11. The van der Waals surface area contributed by atoms with Gasteiger partial charge in [0.1, 0.15) is 11.5 Å². The lowest BCUT2D eigenvalue weighted by atomic mass is 10.2. The van der Waals surface area contributed by atoms with Crippen molar-refractivity contribution >= 4 is 0 Å². The van der Waals surface area contributed by atoms with Gasteiger partial charge in [-0.3, -0.25) is 0 Å². The normalized spacial score (nSPS) is 12.7. The maximum atomic E-state index is 13.7. The highest BCUT2D eigenvalue weighted by atomic mass is 19.1. The van der Waals surface area contributed by atoms with E-state index < -0.39 is 0 Å². The summed E-state index contributed by atoms with van der Waals surface area (Å²) in [5.41, 5.74) is 7.77. The first-order valence-corrected chi connectivity index (χ1v) is 5.56. The molecule has 2 rings (SSSR count). The largest absolute Gasteiger partial charge is 0.323 e. The van der Waals surface area contributed by atoms with Crippen LogP contribution in [0, 0.1) is 12.7 Å². The molecule has 2 aromatic rings. The lowest BCUT2D eigenvalue weighted by molar-refractivity contribution is 0.606. The van der Waals surface area contributed by atoms with Crippen molar-refractivity contribution in [3.8, 4) is 5.69 Å². The molecular weight excluding hydrogens is 219 g/mol. The van der Waals surface area contributed by atoms with Crippen LogP contribution in [-0.2, 0) is 0 Å². The van der Waals surface area contributed by atoms with Gasteiger partial charge in [0.05, 0.1) is 17.9 Å². The molecular formula is C12H15FN4. The van der Waals surface area contributed by atoms with Crippen molar-refractivity contribution in [2.75, 3.05) is 0 Å². The molecule has 1 heterocycles. The predicted octanol–water partition coefficient (Wildman–Crippen LogP) is 2.12. The van der Waals surface area contributed by atoms with Gasteiger partial charge in [0, 0.05) is 0 Å². The summed E-state index contributed by atoms with van der Waals surface area (Å²) in [7, 11) is 0. The van der Waals surface area contributed by atoms with Gasteiger partial charge in [-0.2, -0.15) is 0 Å². The summed E-state index contributed by atoms with van der Waals surface area (Å²) in [4.78, 5) is 0. The Morgan fingerprint density at radius 1 is 1.47 bits per heavy atom. The first kappa shape index (κ1) is 11.7. The third-order valence-electron chi connectivity index (χ3n) is 2.68. The Morgan fingerprint density at radius 3 is 2.88 bits per heavy atom. The van der Waals surface area contributed by atoms with E-state index in [0.717, 1.165) is 12.0 Å². The number of benzene rings is 1. The van der Waals surface area contributed by atoms with Gasteiger partial charge in [-0.25, -0.2) is 9.07 Å². The van der Waals surface area contributed by atoms with Crippen LogP contribution < -0.4 is 5.73 Å². The van der Waals surface area contributed by atoms with Crippen LogP contribution >= 0.6 is 0 Å². The molecule has 2 N–H and O–H groups in total. The zero-order valence-electron chi connectivity index (χ0n) is 9.89. The van der Waals surface area contributed by atoms with Crippen LogP contribution in [0.3, 0.4) is 0 Å². The minimum Gasteiger partial charge on any atom is -0.323 e. The molecule has 90 valence electrons. The Bertz CT molecular complexity index is 521. The van der Waals surface area contributed by atoms with Crippen molar-refractivity contribution in [3.63, 3.8) is 0 Å². The van der Waals surface area contributed by atoms with Crippen LogP contribution in [-0.4, -0.2) is 15.0 Å². The first-order chi connectivity index (χ1) is 8.11. The second-order valence-corrected chi connectivity index (χ2v) is 4.06. The molecule has 0 aliphatic heterocycles. The summed E-state index contributed by atoms with van der Waals surface area (Å²) < 4.78 is 15.1. The molecule has 1 atom stereocenters. The van der Waals surface area contributed by atoms with E-state index in [9.17, 15) is 4.39 Å². The fourth-order valence-corrected chi connectivity index (χ4v) is 1.57. The number of nitrogens with two attached hydrogens (primary N) is 1. The smallest absolute Gasteiger partial charge is 0.149 e. The van der Waals surface area contributed by atoms with Crippen LogP contribution in [0.4, 0.5) is 4.39 Å². The molecule has 4 nitrogen and oxygen atoms in total. The topological polar surface area (TPSA) is 56.7 Å². The van der Waals surface area contributed by atoms with E-state index in [1.807, 2.05) is 19.9 Å².